The van der Waals surface area contributed by atoms with Gasteiger partial charge in [-0.1, -0.05) is 103 Å². The Morgan fingerprint density at radius 1 is 0.400 bits per heavy atom. The summed E-state index contributed by atoms with van der Waals surface area (Å²) in [5.41, 5.74) is 7.99. The summed E-state index contributed by atoms with van der Waals surface area (Å²) in [6.07, 6.45) is 0. The lowest BCUT2D eigenvalue weighted by Gasteiger charge is -2.26. The summed E-state index contributed by atoms with van der Waals surface area (Å²) in [6, 6.07) is 51.7. The van der Waals surface area contributed by atoms with Crippen molar-refractivity contribution in [2.24, 2.45) is 0 Å². The van der Waals surface area contributed by atoms with Gasteiger partial charge >= 0.3 is 5.63 Å². The summed E-state index contributed by atoms with van der Waals surface area (Å²) in [5.74, 6) is 0. The van der Waals surface area contributed by atoms with E-state index in [1.165, 1.54) is 11.1 Å². The lowest BCUT2D eigenvalue weighted by Crippen LogP contribution is -2.10. The van der Waals surface area contributed by atoms with E-state index in [-0.39, 0.29) is 5.63 Å². The quantitative estimate of drug-likeness (QED) is 0.169. The first-order valence-electron chi connectivity index (χ1n) is 13.3. The summed E-state index contributed by atoms with van der Waals surface area (Å²) in [4.78, 5) is 14.8. The number of fused-ring (bicyclic) bond motifs is 3. The van der Waals surface area contributed by atoms with Crippen LogP contribution in [0.2, 0.25) is 0 Å². The van der Waals surface area contributed by atoms with Gasteiger partial charge in [0.15, 0.2) is 0 Å². The highest BCUT2D eigenvalue weighted by atomic mass is 16.4. The van der Waals surface area contributed by atoms with Gasteiger partial charge in [0.1, 0.15) is 5.58 Å². The van der Waals surface area contributed by atoms with Crippen LogP contribution in [0, 0.1) is 0 Å². The topological polar surface area (TPSA) is 33.5 Å². The zero-order chi connectivity index (χ0) is 26.9. The highest BCUT2D eigenvalue weighted by molar-refractivity contribution is 6.05. The zero-order valence-corrected chi connectivity index (χ0v) is 21.7. The molecule has 0 radical (unpaired) electrons. The number of hydrogen-bond acceptors (Lipinski definition) is 3. The van der Waals surface area contributed by atoms with Crippen molar-refractivity contribution in [1.82, 2.24) is 0 Å². The molecule has 0 spiro atoms. The third-order valence-corrected chi connectivity index (χ3v) is 7.33. The molecule has 3 nitrogen and oxygen atoms in total. The summed E-state index contributed by atoms with van der Waals surface area (Å²) < 4.78 is 5.68. The van der Waals surface area contributed by atoms with Crippen LogP contribution in [-0.2, 0) is 0 Å². The number of nitrogens with zero attached hydrogens (tertiary/aromatic N) is 1. The second-order valence-corrected chi connectivity index (χ2v) is 9.78. The fraction of sp³-hybridized carbons (Fsp3) is 0. The van der Waals surface area contributed by atoms with Crippen molar-refractivity contribution in [3.8, 4) is 22.3 Å². The molecular formula is C37H25NO2. The van der Waals surface area contributed by atoms with Crippen LogP contribution in [-0.4, -0.2) is 0 Å². The van der Waals surface area contributed by atoms with E-state index in [1.807, 2.05) is 48.5 Å². The summed E-state index contributed by atoms with van der Waals surface area (Å²) in [6.45, 7) is 0. The van der Waals surface area contributed by atoms with Crippen molar-refractivity contribution >= 4 is 38.8 Å². The number of rotatable bonds is 5. The number of anilines is 3. The van der Waals surface area contributed by atoms with E-state index in [2.05, 4.69) is 108 Å². The highest BCUT2D eigenvalue weighted by Crippen LogP contribution is 2.38. The first-order valence-corrected chi connectivity index (χ1v) is 13.3. The second-order valence-electron chi connectivity index (χ2n) is 9.78. The number of benzene rings is 6. The van der Waals surface area contributed by atoms with E-state index in [0.29, 0.717) is 11.0 Å². The molecule has 7 aromatic rings. The van der Waals surface area contributed by atoms with Crippen LogP contribution in [0.15, 0.2) is 161 Å². The molecule has 7 rings (SSSR count). The van der Waals surface area contributed by atoms with Crippen molar-refractivity contribution in [3.63, 3.8) is 0 Å². The molecule has 0 aliphatic rings. The van der Waals surface area contributed by atoms with Crippen molar-refractivity contribution in [3.05, 3.63) is 162 Å². The number of hydrogen-bond donors (Lipinski definition) is 0. The first-order chi connectivity index (χ1) is 19.7. The molecule has 0 bridgehead atoms. The minimum Gasteiger partial charge on any atom is -0.422 e. The lowest BCUT2D eigenvalue weighted by atomic mass is 10.0. The van der Waals surface area contributed by atoms with Crippen molar-refractivity contribution < 1.29 is 4.42 Å². The third-order valence-electron chi connectivity index (χ3n) is 7.33. The van der Waals surface area contributed by atoms with E-state index in [4.69, 9.17) is 4.42 Å². The molecule has 0 fully saturated rings. The molecule has 0 atom stereocenters. The van der Waals surface area contributed by atoms with Gasteiger partial charge in [0.25, 0.3) is 0 Å². The molecule has 1 aromatic heterocycles. The van der Waals surface area contributed by atoms with Crippen LogP contribution < -0.4 is 10.5 Å². The lowest BCUT2D eigenvalue weighted by molar-refractivity contribution is 0.569. The Morgan fingerprint density at radius 3 is 1.40 bits per heavy atom. The van der Waals surface area contributed by atoms with E-state index < -0.39 is 0 Å². The van der Waals surface area contributed by atoms with Crippen molar-refractivity contribution in [2.75, 3.05) is 4.90 Å². The molecule has 0 unspecified atom stereocenters. The maximum absolute atomic E-state index is 12.6. The minimum absolute atomic E-state index is 0.319. The van der Waals surface area contributed by atoms with Crippen LogP contribution in [0.25, 0.3) is 44.0 Å². The predicted molar refractivity (Wildman–Crippen MR) is 166 cm³/mol. The van der Waals surface area contributed by atoms with Crippen LogP contribution in [0.1, 0.15) is 0 Å². The van der Waals surface area contributed by atoms with Crippen LogP contribution in [0.3, 0.4) is 0 Å². The van der Waals surface area contributed by atoms with Gasteiger partial charge in [-0.25, -0.2) is 4.79 Å². The fourth-order valence-corrected chi connectivity index (χ4v) is 5.32. The molecule has 0 aliphatic carbocycles. The van der Waals surface area contributed by atoms with E-state index in [1.54, 1.807) is 0 Å². The Kier molecular flexibility index (Phi) is 5.95. The summed E-state index contributed by atoms with van der Waals surface area (Å²) in [7, 11) is 0. The molecule has 3 heteroatoms. The largest absolute Gasteiger partial charge is 0.422 e. The van der Waals surface area contributed by atoms with Crippen molar-refractivity contribution in [2.45, 2.75) is 0 Å². The SMILES string of the molecule is O=c1oc2ccc(N(c3ccc(-c4ccccc4)cc3)c3ccc(-c4ccccc4)cc3)cc2c2ccccc12. The van der Waals surface area contributed by atoms with Crippen LogP contribution in [0.4, 0.5) is 17.1 Å². The smallest absolute Gasteiger partial charge is 0.344 e. The molecular weight excluding hydrogens is 490 g/mol. The molecule has 0 N–H and O–H groups in total. The molecule has 1 heterocycles. The summed E-state index contributed by atoms with van der Waals surface area (Å²) in [5, 5.41) is 2.37. The maximum atomic E-state index is 12.6. The monoisotopic (exact) mass is 515 g/mol. The molecule has 190 valence electrons. The molecule has 6 aromatic carbocycles. The van der Waals surface area contributed by atoms with E-state index >= 15 is 0 Å². The van der Waals surface area contributed by atoms with Crippen LogP contribution >= 0.6 is 0 Å². The van der Waals surface area contributed by atoms with E-state index in [0.717, 1.165) is 39.0 Å². The van der Waals surface area contributed by atoms with Crippen LogP contribution in [0.5, 0.6) is 0 Å². The minimum atomic E-state index is -0.319. The normalized spacial score (nSPS) is 11.1. The van der Waals surface area contributed by atoms with Crippen molar-refractivity contribution in [1.29, 1.82) is 0 Å². The Labute approximate surface area is 232 Å². The molecule has 0 saturated heterocycles. The van der Waals surface area contributed by atoms with Gasteiger partial charge in [-0.3, -0.25) is 0 Å². The molecule has 40 heavy (non-hydrogen) atoms. The molecule has 0 saturated carbocycles. The van der Waals surface area contributed by atoms with Gasteiger partial charge in [0.05, 0.1) is 5.39 Å². The Hall–Kier alpha value is -5.41. The standard InChI is InChI=1S/C37H25NO2/c39-37-34-14-8-7-13-33(34)35-25-32(23-24-36(35)40-37)38(30-19-15-28(16-20-30)26-9-3-1-4-10-26)31-21-17-29(18-22-31)27-11-5-2-6-12-27/h1-25H. The van der Waals surface area contributed by atoms with Gasteiger partial charge < -0.3 is 9.32 Å². The Bertz CT molecular complexity index is 1910. The average molecular weight is 516 g/mol. The summed E-state index contributed by atoms with van der Waals surface area (Å²) >= 11 is 0. The fourth-order valence-electron chi connectivity index (χ4n) is 5.32. The van der Waals surface area contributed by atoms with Gasteiger partial charge in [0.2, 0.25) is 0 Å². The van der Waals surface area contributed by atoms with Gasteiger partial charge in [-0.15, -0.1) is 0 Å². The van der Waals surface area contributed by atoms with E-state index in [9.17, 15) is 4.79 Å². The first kappa shape index (κ1) is 23.7. The maximum Gasteiger partial charge on any atom is 0.344 e. The van der Waals surface area contributed by atoms with Gasteiger partial charge in [-0.05, 0) is 76.2 Å². The Morgan fingerprint density at radius 2 is 0.850 bits per heavy atom. The predicted octanol–water partition coefficient (Wildman–Crippen LogP) is 9.75. The third kappa shape index (κ3) is 4.34. The Balaban J connectivity index is 1.38. The highest BCUT2D eigenvalue weighted by Gasteiger charge is 2.16. The molecule has 0 amide bonds. The second kappa shape index (κ2) is 10.0. The van der Waals surface area contributed by atoms with Gasteiger partial charge in [-0.2, -0.15) is 0 Å². The average Bonchev–Trinajstić information content (AvgIpc) is 3.03. The molecule has 0 aliphatic heterocycles. The zero-order valence-electron chi connectivity index (χ0n) is 21.7. The van der Waals surface area contributed by atoms with Gasteiger partial charge in [0, 0.05) is 22.4 Å².